The highest BCUT2D eigenvalue weighted by molar-refractivity contribution is 7.48. The molecule has 44 heavy (non-hydrogen) atoms. The molecule has 0 atom stereocenters. The summed E-state index contributed by atoms with van der Waals surface area (Å²) in [7, 11) is -3.92. The monoisotopic (exact) mass is 642 g/mol. The van der Waals surface area contributed by atoms with Crippen LogP contribution in [0.2, 0.25) is 0 Å². The van der Waals surface area contributed by atoms with E-state index in [9.17, 15) is 0 Å². The van der Waals surface area contributed by atoms with E-state index in [1.165, 1.54) is 0 Å². The number of phosphoric ester groups is 1. The maximum absolute atomic E-state index is 15.2. The van der Waals surface area contributed by atoms with E-state index in [2.05, 4.69) is 119 Å². The Kier molecular flexibility index (Phi) is 11.8. The molecule has 3 aliphatic rings. The minimum Gasteiger partial charge on any atom is -0.293 e. The fourth-order valence-electron chi connectivity index (χ4n) is 10.0. The predicted molar refractivity (Wildman–Crippen MR) is 185 cm³/mol. The molecule has 3 saturated heterocycles. The zero-order valence-corrected chi connectivity index (χ0v) is 32.5. The third kappa shape index (κ3) is 8.71. The maximum atomic E-state index is 15.2. The van der Waals surface area contributed by atoms with E-state index in [0.29, 0.717) is 0 Å². The Balaban J connectivity index is 1.94. The van der Waals surface area contributed by atoms with Crippen LogP contribution in [0, 0.1) is 0 Å². The van der Waals surface area contributed by atoms with Crippen molar-refractivity contribution in [1.82, 2.24) is 14.7 Å². The minimum absolute atomic E-state index is 0.0851. The van der Waals surface area contributed by atoms with Gasteiger partial charge in [0.25, 0.3) is 0 Å². The minimum atomic E-state index is -3.92. The van der Waals surface area contributed by atoms with Crippen molar-refractivity contribution in [1.29, 1.82) is 0 Å². The topological polar surface area (TPSA) is 54.5 Å². The van der Waals surface area contributed by atoms with Crippen LogP contribution in [0.25, 0.3) is 0 Å². The van der Waals surface area contributed by atoms with Crippen LogP contribution >= 0.6 is 7.82 Å². The highest BCUT2D eigenvalue weighted by Crippen LogP contribution is 2.59. The smallest absolute Gasteiger partial charge is 0.293 e. The maximum Gasteiger partial charge on any atom is 0.475 e. The molecular formula is C36H72N3O4P. The van der Waals surface area contributed by atoms with Gasteiger partial charge in [-0.3, -0.25) is 28.3 Å². The Morgan fingerprint density at radius 2 is 0.636 bits per heavy atom. The van der Waals surface area contributed by atoms with E-state index in [1.54, 1.807) is 0 Å². The molecule has 0 amide bonds. The quantitative estimate of drug-likeness (QED) is 0.197. The molecule has 3 aliphatic heterocycles. The molecule has 7 nitrogen and oxygen atoms in total. The first-order valence-electron chi connectivity index (χ1n) is 17.9. The van der Waals surface area contributed by atoms with Gasteiger partial charge in [-0.1, -0.05) is 20.8 Å². The SMILES string of the molecule is CCCN1C(C)(C)CC(OP(=O)(OC2CC(C)(C)N(CCC)C(C)(C)C2)OC2CC(C)(C)N(CCC)C(C)(C)C2)CC1(C)C. The third-order valence-electron chi connectivity index (χ3n) is 10.9. The third-order valence-corrected chi connectivity index (χ3v) is 12.6. The Bertz CT molecular complexity index is 830. The fraction of sp³-hybridized carbons (Fsp3) is 1.00. The van der Waals surface area contributed by atoms with Crippen molar-refractivity contribution in [3.05, 3.63) is 0 Å². The summed E-state index contributed by atoms with van der Waals surface area (Å²) in [6, 6.07) is 0. The first-order chi connectivity index (χ1) is 19.9. The second-order valence-electron chi connectivity index (χ2n) is 18.2. The van der Waals surface area contributed by atoms with Gasteiger partial charge >= 0.3 is 7.82 Å². The average molecular weight is 642 g/mol. The number of rotatable bonds is 12. The van der Waals surface area contributed by atoms with Crippen LogP contribution in [0.5, 0.6) is 0 Å². The summed E-state index contributed by atoms with van der Waals surface area (Å²) in [6.45, 7) is 37.5. The first-order valence-corrected chi connectivity index (χ1v) is 19.4. The number of likely N-dealkylation sites (tertiary alicyclic amines) is 3. The molecular weight excluding hydrogens is 569 g/mol. The molecule has 3 heterocycles. The van der Waals surface area contributed by atoms with Crippen LogP contribution in [-0.2, 0) is 18.1 Å². The molecule has 3 rings (SSSR count). The highest BCUT2D eigenvalue weighted by atomic mass is 31.2. The van der Waals surface area contributed by atoms with Crippen molar-refractivity contribution in [2.24, 2.45) is 0 Å². The average Bonchev–Trinajstić information content (AvgIpc) is 2.79. The van der Waals surface area contributed by atoms with Crippen molar-refractivity contribution in [3.63, 3.8) is 0 Å². The van der Waals surface area contributed by atoms with Gasteiger partial charge in [0.2, 0.25) is 0 Å². The van der Waals surface area contributed by atoms with Crippen LogP contribution in [0.15, 0.2) is 0 Å². The normalized spacial score (nSPS) is 28.3. The molecule has 0 radical (unpaired) electrons. The lowest BCUT2D eigenvalue weighted by atomic mass is 9.78. The molecule has 3 fully saturated rings. The lowest BCUT2D eigenvalue weighted by Gasteiger charge is -2.57. The standard InChI is InChI=1S/C36H72N3O4P/c1-16-19-37-31(4,5)22-28(23-32(37,6)7)41-44(40,42-29-24-33(8,9)38(20-17-2)34(10,11)25-29)43-30-26-35(12,13)39(21-18-3)36(14,15)27-30/h28-30H,16-27H2,1-15H3. The number of nitrogens with zero attached hydrogens (tertiary/aromatic N) is 3. The predicted octanol–water partition coefficient (Wildman–Crippen LogP) is 9.44. The van der Waals surface area contributed by atoms with Gasteiger partial charge < -0.3 is 0 Å². The zero-order chi connectivity index (χ0) is 33.6. The Labute approximate surface area is 273 Å². The van der Waals surface area contributed by atoms with E-state index in [1.807, 2.05) is 0 Å². The van der Waals surface area contributed by atoms with Crippen LogP contribution in [-0.4, -0.2) is 85.9 Å². The van der Waals surface area contributed by atoms with Crippen molar-refractivity contribution in [2.75, 3.05) is 19.6 Å². The second-order valence-corrected chi connectivity index (χ2v) is 19.7. The summed E-state index contributed by atoms with van der Waals surface area (Å²) < 4.78 is 35.5. The lowest BCUT2D eigenvalue weighted by Crippen LogP contribution is -2.63. The summed E-state index contributed by atoms with van der Waals surface area (Å²) in [5.74, 6) is 0. The van der Waals surface area contributed by atoms with Crippen LogP contribution in [0.3, 0.4) is 0 Å². The molecule has 260 valence electrons. The summed E-state index contributed by atoms with van der Waals surface area (Å²) in [4.78, 5) is 7.82. The highest BCUT2D eigenvalue weighted by Gasteiger charge is 2.53. The zero-order valence-electron chi connectivity index (χ0n) is 31.6. The molecule has 0 spiro atoms. The fourth-order valence-corrected chi connectivity index (χ4v) is 11.7. The van der Waals surface area contributed by atoms with Gasteiger partial charge in [-0.15, -0.1) is 0 Å². The molecule has 0 saturated carbocycles. The van der Waals surface area contributed by atoms with Crippen molar-refractivity contribution in [2.45, 2.75) is 213 Å². The molecule has 0 aromatic carbocycles. The van der Waals surface area contributed by atoms with E-state index in [0.717, 1.165) is 77.4 Å². The second kappa shape index (κ2) is 13.5. The Morgan fingerprint density at radius 3 is 0.795 bits per heavy atom. The van der Waals surface area contributed by atoms with Gasteiger partial charge in [0.15, 0.2) is 0 Å². The van der Waals surface area contributed by atoms with E-state index in [4.69, 9.17) is 13.6 Å². The van der Waals surface area contributed by atoms with Crippen molar-refractivity contribution in [3.8, 4) is 0 Å². The summed E-state index contributed by atoms with van der Waals surface area (Å²) >= 11 is 0. The van der Waals surface area contributed by atoms with Crippen LogP contribution < -0.4 is 0 Å². The number of hydrogen-bond donors (Lipinski definition) is 0. The van der Waals surface area contributed by atoms with E-state index < -0.39 is 7.82 Å². The van der Waals surface area contributed by atoms with Gasteiger partial charge in [0.1, 0.15) is 0 Å². The summed E-state index contributed by atoms with van der Waals surface area (Å²) in [6.07, 6.45) is 7.47. The molecule has 0 bridgehead atoms. The molecule has 0 aromatic rings. The van der Waals surface area contributed by atoms with Crippen LogP contribution in [0.1, 0.15) is 162 Å². The first kappa shape index (κ1) is 38.4. The molecule has 8 heteroatoms. The lowest BCUT2D eigenvalue weighted by molar-refractivity contribution is -0.113. The Hall–Kier alpha value is -0.0100. The van der Waals surface area contributed by atoms with Gasteiger partial charge in [0.05, 0.1) is 18.3 Å². The van der Waals surface area contributed by atoms with E-state index >= 15 is 4.57 Å². The molecule has 0 N–H and O–H groups in total. The summed E-state index contributed by atoms with van der Waals surface area (Å²) in [5.41, 5.74) is -0.511. The van der Waals surface area contributed by atoms with Gasteiger partial charge in [-0.05, 0) is 161 Å². The van der Waals surface area contributed by atoms with Crippen molar-refractivity contribution >= 4 is 7.82 Å². The van der Waals surface area contributed by atoms with E-state index in [-0.39, 0.29) is 51.5 Å². The van der Waals surface area contributed by atoms with Gasteiger partial charge in [0, 0.05) is 33.2 Å². The molecule has 0 aliphatic carbocycles. The largest absolute Gasteiger partial charge is 0.475 e. The number of piperidine rings is 3. The van der Waals surface area contributed by atoms with Crippen LogP contribution in [0.4, 0.5) is 0 Å². The number of phosphoric acid groups is 1. The van der Waals surface area contributed by atoms with Gasteiger partial charge in [-0.2, -0.15) is 0 Å². The Morgan fingerprint density at radius 1 is 0.455 bits per heavy atom. The summed E-state index contributed by atoms with van der Waals surface area (Å²) in [5, 5.41) is 0. The van der Waals surface area contributed by atoms with Gasteiger partial charge in [-0.25, -0.2) is 4.57 Å². The number of hydrogen-bond acceptors (Lipinski definition) is 7. The molecule has 0 unspecified atom stereocenters. The molecule has 0 aromatic heterocycles. The van der Waals surface area contributed by atoms with Crippen molar-refractivity contribution < 1.29 is 18.1 Å².